The molecule has 0 bridgehead atoms. The topological polar surface area (TPSA) is 32.3 Å². The minimum absolute atomic E-state index is 0.0482. The highest BCUT2D eigenvalue weighted by atomic mass is 16.2. The molecule has 1 heterocycles. The van der Waals surface area contributed by atoms with Gasteiger partial charge >= 0.3 is 0 Å². The minimum Gasteiger partial charge on any atom is -0.337 e. The lowest BCUT2D eigenvalue weighted by Gasteiger charge is -2.50. The van der Waals surface area contributed by atoms with E-state index in [1.807, 2.05) is 30.3 Å². The van der Waals surface area contributed by atoms with Gasteiger partial charge in [-0.25, -0.2) is 0 Å². The molecule has 3 nitrogen and oxygen atoms in total. The first kappa shape index (κ1) is 18.0. The fraction of sp³-hybridized carbons (Fsp3) is 0.650. The van der Waals surface area contributed by atoms with E-state index < -0.39 is 0 Å². The van der Waals surface area contributed by atoms with Crippen LogP contribution in [0.1, 0.15) is 59.9 Å². The van der Waals surface area contributed by atoms with Gasteiger partial charge in [-0.3, -0.25) is 4.79 Å². The molecule has 0 spiro atoms. The molecule has 1 aromatic carbocycles. The van der Waals surface area contributed by atoms with E-state index in [1.165, 1.54) is 0 Å². The number of piperidine rings is 1. The molecule has 1 amide bonds. The van der Waals surface area contributed by atoms with Crippen LogP contribution in [0.15, 0.2) is 30.3 Å². The maximum absolute atomic E-state index is 13.0. The van der Waals surface area contributed by atoms with Crippen LogP contribution in [0.2, 0.25) is 0 Å². The standard InChI is InChI=1S/C20H32N2O/c1-15(2)22(18(23)12-16-10-8-7-9-11-16)17-13-19(3,4)21-20(5,6)14-17/h7-11,15,17,21H,12-14H2,1-6H3. The highest BCUT2D eigenvalue weighted by Gasteiger charge is 2.41. The van der Waals surface area contributed by atoms with Crippen molar-refractivity contribution in [2.75, 3.05) is 0 Å². The monoisotopic (exact) mass is 316 g/mol. The molecule has 1 saturated heterocycles. The molecule has 0 aromatic heterocycles. The number of carbonyl (C=O) groups is 1. The summed E-state index contributed by atoms with van der Waals surface area (Å²) in [5.74, 6) is 0.240. The predicted molar refractivity (Wildman–Crippen MR) is 96.4 cm³/mol. The Morgan fingerprint density at radius 3 is 2.13 bits per heavy atom. The lowest BCUT2D eigenvalue weighted by atomic mass is 9.78. The van der Waals surface area contributed by atoms with Crippen molar-refractivity contribution in [3.8, 4) is 0 Å². The summed E-state index contributed by atoms with van der Waals surface area (Å²) in [5.41, 5.74) is 1.19. The summed E-state index contributed by atoms with van der Waals surface area (Å²) in [4.78, 5) is 15.1. The number of benzene rings is 1. The van der Waals surface area contributed by atoms with Gasteiger partial charge in [-0.05, 0) is 59.9 Å². The Morgan fingerprint density at radius 2 is 1.65 bits per heavy atom. The van der Waals surface area contributed by atoms with Crippen molar-refractivity contribution in [3.05, 3.63) is 35.9 Å². The summed E-state index contributed by atoms with van der Waals surface area (Å²) in [6.07, 6.45) is 2.48. The number of nitrogens with zero attached hydrogens (tertiary/aromatic N) is 1. The van der Waals surface area contributed by atoms with Gasteiger partial charge in [-0.1, -0.05) is 30.3 Å². The summed E-state index contributed by atoms with van der Waals surface area (Å²) in [6, 6.07) is 10.6. The summed E-state index contributed by atoms with van der Waals surface area (Å²) in [5, 5.41) is 3.71. The first-order chi connectivity index (χ1) is 10.6. The van der Waals surface area contributed by atoms with Crippen molar-refractivity contribution >= 4 is 5.91 Å². The average molecular weight is 316 g/mol. The first-order valence-electron chi connectivity index (χ1n) is 8.74. The van der Waals surface area contributed by atoms with E-state index >= 15 is 0 Å². The molecule has 1 fully saturated rings. The van der Waals surface area contributed by atoms with Gasteiger partial charge in [-0.2, -0.15) is 0 Å². The Kier molecular flexibility index (Phi) is 5.20. The number of nitrogens with one attached hydrogen (secondary N) is 1. The highest BCUT2D eigenvalue weighted by Crippen LogP contribution is 2.32. The molecule has 0 aliphatic carbocycles. The normalized spacial score (nSPS) is 20.5. The largest absolute Gasteiger partial charge is 0.337 e. The SMILES string of the molecule is CC(C)N(C(=O)Cc1ccccc1)C1CC(C)(C)NC(C)(C)C1. The van der Waals surface area contributed by atoms with Crippen LogP contribution >= 0.6 is 0 Å². The molecular weight excluding hydrogens is 284 g/mol. The molecule has 1 aliphatic rings. The van der Waals surface area contributed by atoms with Crippen molar-refractivity contribution in [1.82, 2.24) is 10.2 Å². The number of carbonyl (C=O) groups excluding carboxylic acids is 1. The molecular formula is C20H32N2O. The number of hydrogen-bond donors (Lipinski definition) is 1. The van der Waals surface area contributed by atoms with Crippen molar-refractivity contribution < 1.29 is 4.79 Å². The Hall–Kier alpha value is -1.35. The van der Waals surface area contributed by atoms with Gasteiger partial charge in [0.15, 0.2) is 0 Å². The molecule has 1 N–H and O–H groups in total. The van der Waals surface area contributed by atoms with Crippen molar-refractivity contribution in [1.29, 1.82) is 0 Å². The third-order valence-corrected chi connectivity index (χ3v) is 4.60. The summed E-state index contributed by atoms with van der Waals surface area (Å²) in [6.45, 7) is 13.2. The van der Waals surface area contributed by atoms with Crippen LogP contribution in [0.4, 0.5) is 0 Å². The molecule has 2 rings (SSSR count). The second kappa shape index (κ2) is 6.64. The van der Waals surface area contributed by atoms with Gasteiger partial charge in [0.2, 0.25) is 5.91 Å². The van der Waals surface area contributed by atoms with Crippen LogP contribution in [0.3, 0.4) is 0 Å². The average Bonchev–Trinajstić information content (AvgIpc) is 2.35. The van der Waals surface area contributed by atoms with E-state index in [4.69, 9.17) is 0 Å². The van der Waals surface area contributed by atoms with Gasteiger partial charge in [0.1, 0.15) is 0 Å². The maximum atomic E-state index is 13.0. The Bertz CT molecular complexity index is 518. The summed E-state index contributed by atoms with van der Waals surface area (Å²) < 4.78 is 0. The molecule has 1 aliphatic heterocycles. The molecule has 1 aromatic rings. The van der Waals surface area contributed by atoms with Gasteiger partial charge in [-0.15, -0.1) is 0 Å². The maximum Gasteiger partial charge on any atom is 0.227 e. The fourth-order valence-corrected chi connectivity index (χ4v) is 4.24. The molecule has 0 atom stereocenters. The van der Waals surface area contributed by atoms with Gasteiger partial charge in [0.25, 0.3) is 0 Å². The van der Waals surface area contributed by atoms with Crippen molar-refractivity contribution in [2.45, 2.75) is 84.0 Å². The Labute approximate surface area is 141 Å². The lowest BCUT2D eigenvalue weighted by molar-refractivity contribution is -0.136. The smallest absolute Gasteiger partial charge is 0.227 e. The number of hydrogen-bond acceptors (Lipinski definition) is 2. The van der Waals surface area contributed by atoms with E-state index in [0.717, 1.165) is 18.4 Å². The van der Waals surface area contributed by atoms with Crippen LogP contribution in [-0.2, 0) is 11.2 Å². The lowest BCUT2D eigenvalue weighted by Crippen LogP contribution is -2.63. The van der Waals surface area contributed by atoms with Gasteiger partial charge in [0, 0.05) is 23.2 Å². The van der Waals surface area contributed by atoms with Crippen molar-refractivity contribution in [2.24, 2.45) is 0 Å². The zero-order valence-electron chi connectivity index (χ0n) is 15.5. The van der Waals surface area contributed by atoms with E-state index in [-0.39, 0.29) is 29.1 Å². The van der Waals surface area contributed by atoms with Gasteiger partial charge in [0.05, 0.1) is 6.42 Å². The van der Waals surface area contributed by atoms with Crippen molar-refractivity contribution in [3.63, 3.8) is 0 Å². The predicted octanol–water partition coefficient (Wildman–Crippen LogP) is 3.78. The fourth-order valence-electron chi connectivity index (χ4n) is 4.24. The Morgan fingerprint density at radius 1 is 1.13 bits per heavy atom. The third-order valence-electron chi connectivity index (χ3n) is 4.60. The molecule has 3 heteroatoms. The molecule has 0 unspecified atom stereocenters. The second-order valence-electron chi connectivity index (χ2n) is 8.51. The van der Waals surface area contributed by atoms with E-state index in [0.29, 0.717) is 6.42 Å². The summed E-state index contributed by atoms with van der Waals surface area (Å²) >= 11 is 0. The van der Waals surface area contributed by atoms with E-state index in [9.17, 15) is 4.79 Å². The minimum atomic E-state index is 0.0482. The quantitative estimate of drug-likeness (QED) is 0.917. The number of amides is 1. The van der Waals surface area contributed by atoms with Gasteiger partial charge < -0.3 is 10.2 Å². The molecule has 23 heavy (non-hydrogen) atoms. The van der Waals surface area contributed by atoms with Crippen LogP contribution in [0.25, 0.3) is 0 Å². The zero-order chi connectivity index (χ0) is 17.3. The van der Waals surface area contributed by atoms with Crippen LogP contribution in [-0.4, -0.2) is 34.0 Å². The molecule has 0 radical (unpaired) electrons. The van der Waals surface area contributed by atoms with E-state index in [2.05, 4.69) is 51.8 Å². The van der Waals surface area contributed by atoms with Crippen LogP contribution in [0, 0.1) is 0 Å². The van der Waals surface area contributed by atoms with E-state index in [1.54, 1.807) is 0 Å². The molecule has 128 valence electrons. The number of rotatable bonds is 4. The second-order valence-corrected chi connectivity index (χ2v) is 8.51. The van der Waals surface area contributed by atoms with Crippen LogP contribution < -0.4 is 5.32 Å². The third kappa shape index (κ3) is 4.81. The zero-order valence-corrected chi connectivity index (χ0v) is 15.5. The highest BCUT2D eigenvalue weighted by molar-refractivity contribution is 5.79. The first-order valence-corrected chi connectivity index (χ1v) is 8.74. The Balaban J connectivity index is 2.19. The van der Waals surface area contributed by atoms with Crippen LogP contribution in [0.5, 0.6) is 0 Å². The summed E-state index contributed by atoms with van der Waals surface area (Å²) in [7, 11) is 0. The molecule has 0 saturated carbocycles.